The van der Waals surface area contributed by atoms with E-state index in [0.717, 1.165) is 43.1 Å². The molecule has 2 aromatic rings. The van der Waals surface area contributed by atoms with E-state index in [1.807, 2.05) is 48.2 Å². The first kappa shape index (κ1) is 23.5. The van der Waals surface area contributed by atoms with Crippen molar-refractivity contribution in [2.45, 2.75) is 51.1 Å². The van der Waals surface area contributed by atoms with Crippen LogP contribution in [0.2, 0.25) is 0 Å². The Bertz CT molecular complexity index is 949. The zero-order valence-electron chi connectivity index (χ0n) is 20.0. The molecule has 0 aliphatic carbocycles. The number of urea groups is 1. The van der Waals surface area contributed by atoms with Gasteiger partial charge in [0.25, 0.3) is 5.91 Å². The number of hydrogen-bond acceptors (Lipinski definition) is 5. The Hall–Kier alpha value is -2.64. The van der Waals surface area contributed by atoms with Crippen LogP contribution in [0.15, 0.2) is 46.9 Å². The van der Waals surface area contributed by atoms with Gasteiger partial charge >= 0.3 is 6.03 Å². The quantitative estimate of drug-likeness (QED) is 0.537. The highest BCUT2D eigenvalue weighted by molar-refractivity contribution is 6.07. The van der Waals surface area contributed by atoms with Crippen molar-refractivity contribution in [1.29, 1.82) is 0 Å². The molecule has 2 aliphatic heterocycles. The lowest BCUT2D eigenvalue weighted by Crippen LogP contribution is -2.56. The van der Waals surface area contributed by atoms with Gasteiger partial charge in [-0.3, -0.25) is 9.69 Å². The highest BCUT2D eigenvalue weighted by Gasteiger charge is 2.57. The van der Waals surface area contributed by atoms with E-state index < -0.39 is 5.54 Å². The standard InChI is InChI=1S/C26H35N3O4/c1-20(23-10-9-21(2)33-23)11-14-27-15-12-26(13-16-27)24(30)28(17-18-32-3)25(31)29(26)19-22-7-5-4-6-8-22/h4-10,20H,11-19H2,1-3H3. The van der Waals surface area contributed by atoms with Gasteiger partial charge in [-0.1, -0.05) is 37.3 Å². The Labute approximate surface area is 196 Å². The summed E-state index contributed by atoms with van der Waals surface area (Å²) in [5.41, 5.74) is 0.276. The number of furan rings is 1. The number of piperidine rings is 1. The molecule has 3 heterocycles. The second-order valence-electron chi connectivity index (χ2n) is 9.32. The third-order valence-electron chi connectivity index (χ3n) is 7.13. The topological polar surface area (TPSA) is 66.2 Å². The van der Waals surface area contributed by atoms with E-state index in [9.17, 15) is 9.59 Å². The average Bonchev–Trinajstić information content (AvgIpc) is 3.34. The number of imide groups is 1. The highest BCUT2D eigenvalue weighted by atomic mass is 16.5. The van der Waals surface area contributed by atoms with Gasteiger partial charge in [-0.15, -0.1) is 0 Å². The van der Waals surface area contributed by atoms with Crippen LogP contribution in [0, 0.1) is 6.92 Å². The zero-order chi connectivity index (χ0) is 23.4. The minimum Gasteiger partial charge on any atom is -0.466 e. The fraction of sp³-hybridized carbons (Fsp3) is 0.538. The first-order chi connectivity index (χ1) is 15.9. The molecule has 4 rings (SSSR count). The summed E-state index contributed by atoms with van der Waals surface area (Å²) in [5, 5.41) is 0. The summed E-state index contributed by atoms with van der Waals surface area (Å²) >= 11 is 0. The molecule has 0 N–H and O–H groups in total. The van der Waals surface area contributed by atoms with Gasteiger partial charge in [-0.25, -0.2) is 4.79 Å². The van der Waals surface area contributed by atoms with Crippen LogP contribution in [-0.2, 0) is 16.1 Å². The lowest BCUT2D eigenvalue weighted by Gasteiger charge is -2.42. The highest BCUT2D eigenvalue weighted by Crippen LogP contribution is 2.38. The fourth-order valence-corrected chi connectivity index (χ4v) is 5.01. The van der Waals surface area contributed by atoms with E-state index in [1.165, 1.54) is 4.90 Å². The molecule has 3 amide bonds. The molecule has 2 aliphatic rings. The summed E-state index contributed by atoms with van der Waals surface area (Å²) < 4.78 is 10.9. The maximum atomic E-state index is 13.5. The Morgan fingerprint density at radius 2 is 1.79 bits per heavy atom. The van der Waals surface area contributed by atoms with Crippen LogP contribution < -0.4 is 0 Å². The van der Waals surface area contributed by atoms with E-state index in [4.69, 9.17) is 9.15 Å². The molecule has 7 heteroatoms. The lowest BCUT2D eigenvalue weighted by atomic mass is 9.85. The Kier molecular flexibility index (Phi) is 7.20. The summed E-state index contributed by atoms with van der Waals surface area (Å²) in [5.74, 6) is 2.25. The van der Waals surface area contributed by atoms with Gasteiger partial charge in [-0.05, 0) is 50.4 Å². The Morgan fingerprint density at radius 3 is 2.42 bits per heavy atom. The molecule has 0 saturated carbocycles. The number of amides is 3. The number of carbonyl (C=O) groups is 2. The molecular formula is C26H35N3O4. The molecule has 33 heavy (non-hydrogen) atoms. The van der Waals surface area contributed by atoms with Crippen molar-refractivity contribution in [3.8, 4) is 0 Å². The van der Waals surface area contributed by atoms with Crippen LogP contribution in [0.5, 0.6) is 0 Å². The van der Waals surface area contributed by atoms with Crippen LogP contribution in [0.25, 0.3) is 0 Å². The number of hydrogen-bond donors (Lipinski definition) is 0. The number of aryl methyl sites for hydroxylation is 1. The fourth-order valence-electron chi connectivity index (χ4n) is 5.01. The number of likely N-dealkylation sites (tertiary alicyclic amines) is 1. The number of methoxy groups -OCH3 is 1. The summed E-state index contributed by atoms with van der Waals surface area (Å²) in [4.78, 5) is 32.5. The maximum Gasteiger partial charge on any atom is 0.328 e. The third kappa shape index (κ3) is 4.84. The van der Waals surface area contributed by atoms with Crippen molar-refractivity contribution < 1.29 is 18.7 Å². The van der Waals surface area contributed by atoms with Gasteiger partial charge in [0.05, 0.1) is 13.2 Å². The van der Waals surface area contributed by atoms with Crippen LogP contribution >= 0.6 is 0 Å². The van der Waals surface area contributed by atoms with Crippen molar-refractivity contribution >= 4 is 11.9 Å². The molecule has 7 nitrogen and oxygen atoms in total. The van der Waals surface area contributed by atoms with Gasteiger partial charge in [0.15, 0.2) is 0 Å². The van der Waals surface area contributed by atoms with Crippen LogP contribution in [0.3, 0.4) is 0 Å². The van der Waals surface area contributed by atoms with E-state index in [1.54, 1.807) is 7.11 Å². The second kappa shape index (κ2) is 10.1. The third-order valence-corrected chi connectivity index (χ3v) is 7.13. The van der Waals surface area contributed by atoms with Gasteiger partial charge in [0.2, 0.25) is 0 Å². The lowest BCUT2D eigenvalue weighted by molar-refractivity contribution is -0.136. The summed E-state index contributed by atoms with van der Waals surface area (Å²) in [6, 6.07) is 13.8. The van der Waals surface area contributed by atoms with E-state index in [0.29, 0.717) is 38.5 Å². The molecule has 0 radical (unpaired) electrons. The number of rotatable bonds is 9. The monoisotopic (exact) mass is 453 g/mol. The maximum absolute atomic E-state index is 13.5. The molecule has 1 atom stereocenters. The Morgan fingerprint density at radius 1 is 1.06 bits per heavy atom. The largest absolute Gasteiger partial charge is 0.466 e. The van der Waals surface area contributed by atoms with Crippen molar-refractivity contribution in [1.82, 2.24) is 14.7 Å². The minimum atomic E-state index is -0.763. The number of ether oxygens (including phenoxy) is 1. The summed E-state index contributed by atoms with van der Waals surface area (Å²) in [6.45, 7) is 7.80. The van der Waals surface area contributed by atoms with E-state index in [-0.39, 0.29) is 11.9 Å². The van der Waals surface area contributed by atoms with Gasteiger partial charge < -0.3 is 19.0 Å². The first-order valence-electron chi connectivity index (χ1n) is 11.9. The Balaban J connectivity index is 1.44. The molecule has 0 bridgehead atoms. The van der Waals surface area contributed by atoms with Gasteiger partial charge in [0, 0.05) is 32.7 Å². The van der Waals surface area contributed by atoms with Crippen molar-refractivity contribution in [2.24, 2.45) is 0 Å². The molecule has 1 aromatic carbocycles. The van der Waals surface area contributed by atoms with E-state index in [2.05, 4.69) is 17.9 Å². The minimum absolute atomic E-state index is 0.0699. The van der Waals surface area contributed by atoms with Gasteiger partial charge in [0.1, 0.15) is 17.1 Å². The van der Waals surface area contributed by atoms with E-state index >= 15 is 0 Å². The molecule has 2 fully saturated rings. The van der Waals surface area contributed by atoms with Gasteiger partial charge in [-0.2, -0.15) is 0 Å². The van der Waals surface area contributed by atoms with Crippen molar-refractivity contribution in [3.05, 3.63) is 59.5 Å². The number of nitrogens with zero attached hydrogens (tertiary/aromatic N) is 3. The predicted molar refractivity (Wildman–Crippen MR) is 126 cm³/mol. The summed E-state index contributed by atoms with van der Waals surface area (Å²) in [7, 11) is 1.59. The second-order valence-corrected chi connectivity index (χ2v) is 9.32. The number of benzene rings is 1. The van der Waals surface area contributed by atoms with Crippen LogP contribution in [-0.4, -0.2) is 72.1 Å². The number of carbonyl (C=O) groups excluding carboxylic acids is 2. The van der Waals surface area contributed by atoms with Crippen molar-refractivity contribution in [2.75, 3.05) is 39.9 Å². The average molecular weight is 454 g/mol. The zero-order valence-corrected chi connectivity index (χ0v) is 20.0. The van der Waals surface area contributed by atoms with Crippen LogP contribution in [0.1, 0.15) is 49.2 Å². The SMILES string of the molecule is COCCN1C(=O)N(Cc2ccccc2)C2(CCN(CCC(C)c3ccc(C)o3)CC2)C1=O. The molecule has 1 aromatic heterocycles. The molecule has 178 valence electrons. The van der Waals surface area contributed by atoms with Crippen molar-refractivity contribution in [3.63, 3.8) is 0 Å². The molecule has 1 spiro atoms. The molecule has 2 saturated heterocycles. The predicted octanol–water partition coefficient (Wildman–Crippen LogP) is 4.03. The molecule has 1 unspecified atom stereocenters. The molecular weight excluding hydrogens is 418 g/mol. The first-order valence-corrected chi connectivity index (χ1v) is 11.9. The summed E-state index contributed by atoms with van der Waals surface area (Å²) in [6.07, 6.45) is 2.31. The normalized spacial score (nSPS) is 19.6. The smallest absolute Gasteiger partial charge is 0.328 e. The van der Waals surface area contributed by atoms with Crippen LogP contribution in [0.4, 0.5) is 4.79 Å².